The van der Waals surface area contributed by atoms with Crippen LogP contribution in [0.3, 0.4) is 0 Å². The maximum atomic E-state index is 10.7. The molecule has 1 aromatic carbocycles. The summed E-state index contributed by atoms with van der Waals surface area (Å²) in [5, 5.41) is 13.6. The largest absolute Gasteiger partial charge is 0.507 e. The zero-order valence-corrected chi connectivity index (χ0v) is 15.2. The van der Waals surface area contributed by atoms with Gasteiger partial charge in [-0.2, -0.15) is 0 Å². The monoisotopic (exact) mass is 340 g/mol. The van der Waals surface area contributed by atoms with E-state index in [1.165, 1.54) is 37.7 Å². The first kappa shape index (κ1) is 15.8. The minimum absolute atomic E-state index is 0.0575. The van der Waals surface area contributed by atoms with Gasteiger partial charge in [0.25, 0.3) is 0 Å². The fourth-order valence-electron chi connectivity index (χ4n) is 4.19. The predicted molar refractivity (Wildman–Crippen MR) is 101 cm³/mol. The molecule has 3 heteroatoms. The molecule has 24 heavy (non-hydrogen) atoms. The van der Waals surface area contributed by atoms with Gasteiger partial charge in [-0.15, -0.1) is 11.3 Å². The summed E-state index contributed by atoms with van der Waals surface area (Å²) >= 11 is 1.67. The van der Waals surface area contributed by atoms with Gasteiger partial charge in [-0.25, -0.2) is 0 Å². The van der Waals surface area contributed by atoms with Crippen molar-refractivity contribution >= 4 is 22.3 Å². The average molecular weight is 340 g/mol. The van der Waals surface area contributed by atoms with Gasteiger partial charge in [0.15, 0.2) is 0 Å². The summed E-state index contributed by atoms with van der Waals surface area (Å²) < 4.78 is 5.82. The summed E-state index contributed by atoms with van der Waals surface area (Å²) in [6, 6.07) is 8.19. The Hall–Kier alpha value is -1.74. The van der Waals surface area contributed by atoms with E-state index in [-0.39, 0.29) is 5.41 Å². The Morgan fingerprint density at radius 2 is 1.96 bits per heavy atom. The van der Waals surface area contributed by atoms with E-state index in [4.69, 9.17) is 4.42 Å². The van der Waals surface area contributed by atoms with Crippen molar-refractivity contribution in [3.8, 4) is 16.2 Å². The lowest BCUT2D eigenvalue weighted by Crippen LogP contribution is -2.30. The molecule has 0 bridgehead atoms. The highest BCUT2D eigenvalue weighted by atomic mass is 32.1. The summed E-state index contributed by atoms with van der Waals surface area (Å²) in [5.41, 5.74) is 3.02. The first-order valence-corrected chi connectivity index (χ1v) is 9.74. The summed E-state index contributed by atoms with van der Waals surface area (Å²) in [6.07, 6.45) is 8.35. The maximum absolute atomic E-state index is 10.7. The Balaban J connectivity index is 1.78. The molecule has 2 aromatic heterocycles. The molecular formula is C21H24O2S. The van der Waals surface area contributed by atoms with Crippen LogP contribution in [0.15, 0.2) is 40.3 Å². The Morgan fingerprint density at radius 1 is 1.17 bits per heavy atom. The van der Waals surface area contributed by atoms with E-state index in [1.54, 1.807) is 17.6 Å². The van der Waals surface area contributed by atoms with E-state index in [2.05, 4.69) is 26.0 Å². The second kappa shape index (κ2) is 5.96. The van der Waals surface area contributed by atoms with Gasteiger partial charge in [-0.3, -0.25) is 0 Å². The van der Waals surface area contributed by atoms with Gasteiger partial charge in [0.2, 0.25) is 0 Å². The van der Waals surface area contributed by atoms with Gasteiger partial charge in [0.1, 0.15) is 17.6 Å². The van der Waals surface area contributed by atoms with Gasteiger partial charge in [-0.05, 0) is 53.3 Å². The van der Waals surface area contributed by atoms with Crippen LogP contribution < -0.4 is 0 Å². The van der Waals surface area contributed by atoms with Crippen molar-refractivity contribution in [2.75, 3.05) is 0 Å². The van der Waals surface area contributed by atoms with Gasteiger partial charge in [0.05, 0.1) is 5.39 Å². The SMILES string of the molecule is CC(C)(c1cc(O)c2c(-c3cccs3)coc2c1)C1CCCCC1. The van der Waals surface area contributed by atoms with Crippen molar-refractivity contribution in [1.82, 2.24) is 0 Å². The molecular weight excluding hydrogens is 316 g/mol. The van der Waals surface area contributed by atoms with E-state index >= 15 is 0 Å². The minimum Gasteiger partial charge on any atom is -0.507 e. The molecule has 1 aliphatic rings. The lowest BCUT2D eigenvalue weighted by atomic mass is 9.67. The fourth-order valence-corrected chi connectivity index (χ4v) is 4.93. The molecule has 0 radical (unpaired) electrons. The Labute approximate surface area is 147 Å². The standard InChI is InChI=1S/C21H24O2S/c1-21(2,14-7-4-3-5-8-14)15-11-17(22)20-16(13-23-18(20)12-15)19-9-6-10-24-19/h6,9-14,22H,3-5,7-8H2,1-2H3. The molecule has 1 saturated carbocycles. The lowest BCUT2D eigenvalue weighted by Gasteiger charge is -2.37. The molecule has 0 aliphatic heterocycles. The third-order valence-electron chi connectivity index (χ3n) is 5.81. The zero-order valence-electron chi connectivity index (χ0n) is 14.3. The summed E-state index contributed by atoms with van der Waals surface area (Å²) in [5.74, 6) is 1.01. The van der Waals surface area contributed by atoms with Crippen molar-refractivity contribution in [2.24, 2.45) is 5.92 Å². The van der Waals surface area contributed by atoms with Gasteiger partial charge in [0, 0.05) is 10.4 Å². The number of hydrogen-bond acceptors (Lipinski definition) is 3. The Bertz CT molecular complexity index is 836. The number of thiophene rings is 1. The van der Waals surface area contributed by atoms with Gasteiger partial charge < -0.3 is 9.52 Å². The van der Waals surface area contributed by atoms with Crippen molar-refractivity contribution < 1.29 is 9.52 Å². The molecule has 2 heterocycles. The van der Waals surface area contributed by atoms with Crippen LogP contribution in [-0.4, -0.2) is 5.11 Å². The highest BCUT2D eigenvalue weighted by Gasteiger charge is 2.33. The van der Waals surface area contributed by atoms with Crippen LogP contribution in [-0.2, 0) is 5.41 Å². The Morgan fingerprint density at radius 3 is 2.67 bits per heavy atom. The zero-order chi connectivity index (χ0) is 16.7. The van der Waals surface area contributed by atoms with Crippen LogP contribution >= 0.6 is 11.3 Å². The molecule has 1 N–H and O–H groups in total. The number of fused-ring (bicyclic) bond motifs is 1. The maximum Gasteiger partial charge on any atom is 0.138 e. The lowest BCUT2D eigenvalue weighted by molar-refractivity contribution is 0.235. The van der Waals surface area contributed by atoms with Crippen molar-refractivity contribution in [2.45, 2.75) is 51.4 Å². The minimum atomic E-state index is 0.0575. The van der Waals surface area contributed by atoms with Gasteiger partial charge >= 0.3 is 0 Å². The first-order chi connectivity index (χ1) is 11.6. The summed E-state index contributed by atoms with van der Waals surface area (Å²) in [6.45, 7) is 4.62. The number of aromatic hydroxyl groups is 1. The van der Waals surface area contributed by atoms with Crippen LogP contribution in [0, 0.1) is 5.92 Å². The normalized spacial score (nSPS) is 16.8. The molecule has 2 nitrogen and oxygen atoms in total. The molecule has 1 fully saturated rings. The van der Waals surface area contributed by atoms with Crippen LogP contribution in [0.25, 0.3) is 21.4 Å². The highest BCUT2D eigenvalue weighted by molar-refractivity contribution is 7.13. The summed E-state index contributed by atoms with van der Waals surface area (Å²) in [4.78, 5) is 1.13. The second-order valence-electron chi connectivity index (χ2n) is 7.55. The van der Waals surface area contributed by atoms with Crippen LogP contribution in [0.1, 0.15) is 51.5 Å². The average Bonchev–Trinajstić information content (AvgIpc) is 3.24. The number of phenols is 1. The third kappa shape index (κ3) is 2.55. The van der Waals surface area contributed by atoms with E-state index in [0.717, 1.165) is 21.4 Å². The van der Waals surface area contributed by atoms with Crippen molar-refractivity contribution in [3.05, 3.63) is 41.5 Å². The second-order valence-corrected chi connectivity index (χ2v) is 8.50. The van der Waals surface area contributed by atoms with Crippen molar-refractivity contribution in [1.29, 1.82) is 0 Å². The van der Waals surface area contributed by atoms with E-state index in [0.29, 0.717) is 11.7 Å². The van der Waals surface area contributed by atoms with E-state index in [1.807, 2.05) is 17.5 Å². The molecule has 3 aromatic rings. The quantitative estimate of drug-likeness (QED) is 0.574. The highest BCUT2D eigenvalue weighted by Crippen LogP contribution is 2.45. The van der Waals surface area contributed by atoms with E-state index < -0.39 is 0 Å². The molecule has 0 amide bonds. The smallest absolute Gasteiger partial charge is 0.138 e. The molecule has 0 saturated heterocycles. The predicted octanol–water partition coefficient (Wildman–Crippen LogP) is 6.72. The fraction of sp³-hybridized carbons (Fsp3) is 0.429. The number of hydrogen-bond donors (Lipinski definition) is 1. The molecule has 126 valence electrons. The first-order valence-electron chi connectivity index (χ1n) is 8.86. The molecule has 0 spiro atoms. The third-order valence-corrected chi connectivity index (χ3v) is 6.71. The number of benzene rings is 1. The number of phenolic OH excluding ortho intramolecular Hbond substituents is 1. The number of furan rings is 1. The molecule has 1 aliphatic carbocycles. The summed E-state index contributed by atoms with van der Waals surface area (Å²) in [7, 11) is 0. The van der Waals surface area contributed by atoms with Gasteiger partial charge in [-0.1, -0.05) is 39.2 Å². The van der Waals surface area contributed by atoms with Crippen LogP contribution in [0.4, 0.5) is 0 Å². The van der Waals surface area contributed by atoms with Crippen molar-refractivity contribution in [3.63, 3.8) is 0 Å². The number of rotatable bonds is 3. The Kier molecular flexibility index (Phi) is 3.92. The van der Waals surface area contributed by atoms with Crippen LogP contribution in [0.5, 0.6) is 5.75 Å². The molecule has 0 atom stereocenters. The topological polar surface area (TPSA) is 33.4 Å². The van der Waals surface area contributed by atoms with Crippen LogP contribution in [0.2, 0.25) is 0 Å². The molecule has 4 rings (SSSR count). The molecule has 0 unspecified atom stereocenters. The van der Waals surface area contributed by atoms with E-state index in [9.17, 15) is 5.11 Å².